The lowest BCUT2D eigenvalue weighted by Crippen LogP contribution is -2.45. The second-order valence-electron chi connectivity index (χ2n) is 17.2. The summed E-state index contributed by atoms with van der Waals surface area (Å²) in [6.45, 7) is 4.29. The topological polar surface area (TPSA) is 69.6 Å². The molecule has 0 aliphatic rings. The standard InChI is InChI=1S/C53H99NO3/c1-3-5-7-9-11-13-15-17-19-21-22-23-24-25-26-27-28-29-30-31-32-33-34-36-38-40-42-44-46-48-52(56)51(50-55)54-53(57)49-47-45-43-41-39-37-35-20-18-16-14-12-10-8-6-4-2/h14,16,20,35,38,40,46,48,51-52,55-56H,3-13,15,17-19,21-34,36-37,39,41-45,47,49-50H2,1-2H3,(H,54,57)/b16-14-,35-20-,40-38+,48-46+. The van der Waals surface area contributed by atoms with Gasteiger partial charge in [-0.25, -0.2) is 0 Å². The average molecular weight is 798 g/mol. The van der Waals surface area contributed by atoms with Gasteiger partial charge < -0.3 is 15.5 Å². The van der Waals surface area contributed by atoms with Crippen LogP contribution in [0.1, 0.15) is 264 Å². The molecule has 0 spiro atoms. The molecular formula is C53H99NO3. The smallest absolute Gasteiger partial charge is 0.220 e. The lowest BCUT2D eigenvalue weighted by molar-refractivity contribution is -0.123. The first-order chi connectivity index (χ1) is 28.2. The van der Waals surface area contributed by atoms with Gasteiger partial charge in [0.1, 0.15) is 0 Å². The van der Waals surface area contributed by atoms with Crippen LogP contribution in [0, 0.1) is 0 Å². The van der Waals surface area contributed by atoms with Gasteiger partial charge in [-0.1, -0.05) is 242 Å². The summed E-state index contributed by atoms with van der Waals surface area (Å²) in [5.41, 5.74) is 0. The van der Waals surface area contributed by atoms with Crippen molar-refractivity contribution in [2.24, 2.45) is 0 Å². The maximum absolute atomic E-state index is 12.4. The molecule has 0 aromatic rings. The predicted octanol–water partition coefficient (Wildman–Crippen LogP) is 16.3. The van der Waals surface area contributed by atoms with E-state index in [-0.39, 0.29) is 12.5 Å². The summed E-state index contributed by atoms with van der Waals surface area (Å²) in [6, 6.07) is -0.647. The van der Waals surface area contributed by atoms with Gasteiger partial charge >= 0.3 is 0 Å². The Morgan fingerprint density at radius 3 is 1.14 bits per heavy atom. The molecule has 1 amide bonds. The van der Waals surface area contributed by atoms with Crippen molar-refractivity contribution in [2.45, 2.75) is 276 Å². The zero-order chi connectivity index (χ0) is 41.4. The van der Waals surface area contributed by atoms with Crippen LogP contribution in [0.25, 0.3) is 0 Å². The van der Waals surface area contributed by atoms with E-state index in [0.29, 0.717) is 6.42 Å². The van der Waals surface area contributed by atoms with Gasteiger partial charge in [0.2, 0.25) is 5.91 Å². The van der Waals surface area contributed by atoms with Gasteiger partial charge in [-0.2, -0.15) is 0 Å². The molecule has 0 saturated heterocycles. The number of aliphatic hydroxyl groups is 2. The normalized spacial score (nSPS) is 13.3. The zero-order valence-electron chi connectivity index (χ0n) is 38.4. The van der Waals surface area contributed by atoms with E-state index in [9.17, 15) is 15.0 Å². The van der Waals surface area contributed by atoms with Crippen molar-refractivity contribution in [2.75, 3.05) is 6.61 Å². The quantitative estimate of drug-likeness (QED) is 0.0424. The molecule has 0 aromatic heterocycles. The van der Waals surface area contributed by atoms with Gasteiger partial charge in [0.15, 0.2) is 0 Å². The molecule has 0 aromatic carbocycles. The first-order valence-corrected chi connectivity index (χ1v) is 25.4. The number of carbonyl (C=O) groups is 1. The van der Waals surface area contributed by atoms with Crippen LogP contribution >= 0.6 is 0 Å². The number of unbranched alkanes of at least 4 members (excludes halogenated alkanes) is 33. The van der Waals surface area contributed by atoms with Gasteiger partial charge in [-0.3, -0.25) is 4.79 Å². The lowest BCUT2D eigenvalue weighted by Gasteiger charge is -2.19. The summed E-state index contributed by atoms with van der Waals surface area (Å²) >= 11 is 0. The van der Waals surface area contributed by atoms with Crippen molar-refractivity contribution < 1.29 is 15.0 Å². The molecule has 0 heterocycles. The van der Waals surface area contributed by atoms with E-state index in [1.165, 1.54) is 193 Å². The molecule has 0 rings (SSSR count). The van der Waals surface area contributed by atoms with Gasteiger partial charge in [-0.15, -0.1) is 0 Å². The summed E-state index contributed by atoms with van der Waals surface area (Å²) in [6.07, 6.45) is 66.8. The van der Waals surface area contributed by atoms with E-state index in [1.54, 1.807) is 6.08 Å². The summed E-state index contributed by atoms with van der Waals surface area (Å²) < 4.78 is 0. The maximum Gasteiger partial charge on any atom is 0.220 e. The minimum Gasteiger partial charge on any atom is -0.394 e. The molecule has 334 valence electrons. The lowest BCUT2D eigenvalue weighted by atomic mass is 10.0. The third-order valence-corrected chi connectivity index (χ3v) is 11.5. The van der Waals surface area contributed by atoms with E-state index in [2.05, 4.69) is 55.6 Å². The van der Waals surface area contributed by atoms with Crippen molar-refractivity contribution in [1.29, 1.82) is 0 Å². The van der Waals surface area contributed by atoms with E-state index < -0.39 is 12.1 Å². The SMILES string of the molecule is CCCCCC/C=C\C/C=C\CCCCCCCC(=O)NC(CO)C(O)/C=C/CC/C=C/CCCCCCCCCCCCCCCCCCCCCCCCC. The molecule has 0 saturated carbocycles. The summed E-state index contributed by atoms with van der Waals surface area (Å²) in [5, 5.41) is 23.0. The predicted molar refractivity (Wildman–Crippen MR) is 253 cm³/mol. The highest BCUT2D eigenvalue weighted by molar-refractivity contribution is 5.76. The Morgan fingerprint density at radius 1 is 0.421 bits per heavy atom. The van der Waals surface area contributed by atoms with Gasteiger partial charge in [-0.05, 0) is 64.2 Å². The molecule has 0 fully saturated rings. The highest BCUT2D eigenvalue weighted by Crippen LogP contribution is 2.16. The molecule has 57 heavy (non-hydrogen) atoms. The van der Waals surface area contributed by atoms with Gasteiger partial charge in [0.05, 0.1) is 18.8 Å². The molecular weight excluding hydrogens is 699 g/mol. The van der Waals surface area contributed by atoms with Gasteiger partial charge in [0.25, 0.3) is 0 Å². The minimum absolute atomic E-state index is 0.0867. The zero-order valence-corrected chi connectivity index (χ0v) is 38.4. The van der Waals surface area contributed by atoms with E-state index in [0.717, 1.165) is 51.4 Å². The number of carbonyl (C=O) groups excluding carboxylic acids is 1. The summed E-state index contributed by atoms with van der Waals surface area (Å²) in [5.74, 6) is -0.0867. The fourth-order valence-electron chi connectivity index (χ4n) is 7.64. The number of allylic oxidation sites excluding steroid dienone is 7. The van der Waals surface area contributed by atoms with Gasteiger partial charge in [0, 0.05) is 6.42 Å². The van der Waals surface area contributed by atoms with E-state index in [1.807, 2.05) is 6.08 Å². The number of nitrogens with one attached hydrogen (secondary N) is 1. The number of rotatable bonds is 46. The van der Waals surface area contributed by atoms with Crippen LogP contribution in [0.15, 0.2) is 48.6 Å². The monoisotopic (exact) mass is 798 g/mol. The van der Waals surface area contributed by atoms with Crippen LogP contribution in [-0.2, 0) is 4.79 Å². The van der Waals surface area contributed by atoms with Crippen LogP contribution in [0.3, 0.4) is 0 Å². The Hall–Kier alpha value is -1.65. The molecule has 4 heteroatoms. The first kappa shape index (κ1) is 55.4. The molecule has 0 radical (unpaired) electrons. The Bertz CT molecular complexity index is 908. The van der Waals surface area contributed by atoms with Crippen molar-refractivity contribution in [1.82, 2.24) is 5.32 Å². The molecule has 3 N–H and O–H groups in total. The second-order valence-corrected chi connectivity index (χ2v) is 17.2. The molecule has 2 atom stereocenters. The summed E-state index contributed by atoms with van der Waals surface area (Å²) in [7, 11) is 0. The molecule has 0 aliphatic carbocycles. The molecule has 0 bridgehead atoms. The molecule has 0 aliphatic heterocycles. The van der Waals surface area contributed by atoms with Crippen LogP contribution in [0.2, 0.25) is 0 Å². The van der Waals surface area contributed by atoms with Crippen molar-refractivity contribution in [3.63, 3.8) is 0 Å². The van der Waals surface area contributed by atoms with Crippen LogP contribution in [0.5, 0.6) is 0 Å². The van der Waals surface area contributed by atoms with E-state index in [4.69, 9.17) is 0 Å². The Labute approximate surface area is 356 Å². The first-order valence-electron chi connectivity index (χ1n) is 25.4. The Kier molecular flexibility index (Phi) is 47.3. The highest BCUT2D eigenvalue weighted by atomic mass is 16.3. The van der Waals surface area contributed by atoms with Crippen LogP contribution < -0.4 is 5.32 Å². The fourth-order valence-corrected chi connectivity index (χ4v) is 7.64. The van der Waals surface area contributed by atoms with Crippen LogP contribution in [0.4, 0.5) is 0 Å². The largest absolute Gasteiger partial charge is 0.394 e. The number of hydrogen-bond donors (Lipinski definition) is 3. The highest BCUT2D eigenvalue weighted by Gasteiger charge is 2.17. The molecule has 2 unspecified atom stereocenters. The number of amides is 1. The second kappa shape index (κ2) is 48.7. The third-order valence-electron chi connectivity index (χ3n) is 11.5. The van der Waals surface area contributed by atoms with E-state index >= 15 is 0 Å². The number of hydrogen-bond acceptors (Lipinski definition) is 3. The van der Waals surface area contributed by atoms with Crippen molar-refractivity contribution in [3.05, 3.63) is 48.6 Å². The third kappa shape index (κ3) is 45.3. The minimum atomic E-state index is -0.869. The van der Waals surface area contributed by atoms with Crippen LogP contribution in [-0.4, -0.2) is 34.9 Å². The summed E-state index contributed by atoms with van der Waals surface area (Å²) in [4.78, 5) is 12.4. The van der Waals surface area contributed by atoms with Crippen molar-refractivity contribution >= 4 is 5.91 Å². The average Bonchev–Trinajstić information content (AvgIpc) is 3.22. The van der Waals surface area contributed by atoms with Crippen molar-refractivity contribution in [3.8, 4) is 0 Å². The Morgan fingerprint density at radius 2 is 0.737 bits per heavy atom. The molecule has 4 nitrogen and oxygen atoms in total. The maximum atomic E-state index is 12.4. The number of aliphatic hydroxyl groups excluding tert-OH is 2. The Balaban J connectivity index is 3.54. The fraction of sp³-hybridized carbons (Fsp3) is 0.830.